The summed E-state index contributed by atoms with van der Waals surface area (Å²) in [7, 11) is 0. The highest BCUT2D eigenvalue weighted by atomic mass is 32.1. The van der Waals surface area contributed by atoms with Gasteiger partial charge in [0, 0.05) is 4.88 Å². The molecule has 84 valence electrons. The smallest absolute Gasteiger partial charge is 0.00800 e. The van der Waals surface area contributed by atoms with E-state index in [9.17, 15) is 0 Å². The van der Waals surface area contributed by atoms with Crippen molar-refractivity contribution < 1.29 is 0 Å². The molecule has 1 heteroatoms. The predicted molar refractivity (Wildman–Crippen MR) is 68.8 cm³/mol. The van der Waals surface area contributed by atoms with Crippen molar-refractivity contribution >= 4 is 11.3 Å². The first kappa shape index (κ1) is 11.2. The van der Waals surface area contributed by atoms with Crippen molar-refractivity contribution in [1.29, 1.82) is 0 Å². The number of rotatable bonds is 4. The second-order valence-electron chi connectivity index (χ2n) is 4.74. The fourth-order valence-electron chi connectivity index (χ4n) is 2.69. The molecule has 0 nitrogen and oxygen atoms in total. The van der Waals surface area contributed by atoms with Gasteiger partial charge in [-0.15, -0.1) is 11.3 Å². The molecular formula is C14H22S. The van der Waals surface area contributed by atoms with Gasteiger partial charge in [-0.3, -0.25) is 0 Å². The lowest BCUT2D eigenvalue weighted by Crippen LogP contribution is -1.97. The summed E-state index contributed by atoms with van der Waals surface area (Å²) in [4.78, 5) is 1.69. The molecule has 1 heterocycles. The first-order chi connectivity index (χ1) is 7.42. The van der Waals surface area contributed by atoms with Crippen molar-refractivity contribution in [2.75, 3.05) is 0 Å². The van der Waals surface area contributed by atoms with Crippen LogP contribution in [0.15, 0.2) is 11.4 Å². The Kier molecular flexibility index (Phi) is 4.25. The average molecular weight is 222 g/mol. The topological polar surface area (TPSA) is 0 Å². The van der Waals surface area contributed by atoms with E-state index >= 15 is 0 Å². The van der Waals surface area contributed by atoms with Gasteiger partial charge in [0.1, 0.15) is 0 Å². The second kappa shape index (κ2) is 5.69. The Bertz CT molecular complexity index is 287. The van der Waals surface area contributed by atoms with Gasteiger partial charge in [-0.25, -0.2) is 0 Å². The molecule has 0 bridgehead atoms. The van der Waals surface area contributed by atoms with Gasteiger partial charge in [-0.1, -0.05) is 32.6 Å². The van der Waals surface area contributed by atoms with Gasteiger partial charge in [-0.05, 0) is 48.6 Å². The summed E-state index contributed by atoms with van der Waals surface area (Å²) < 4.78 is 0. The first-order valence-electron chi connectivity index (χ1n) is 6.48. The third-order valence-electron chi connectivity index (χ3n) is 3.58. The van der Waals surface area contributed by atoms with Crippen LogP contribution in [0.5, 0.6) is 0 Å². The minimum absolute atomic E-state index is 0.889. The normalized spacial score (nSPS) is 21.0. The lowest BCUT2D eigenvalue weighted by Gasteiger charge is -2.14. The van der Waals surface area contributed by atoms with E-state index in [-0.39, 0.29) is 0 Å². The largest absolute Gasteiger partial charge is 0.149 e. The standard InChI is InChI=1S/C14H22S/c1-2-3-4-7-12-8-5-6-9-14-13(12)10-11-15-14/h10-12H,2-9H2,1H3/t12-/m1/s1. The lowest BCUT2D eigenvalue weighted by atomic mass is 9.91. The third-order valence-corrected chi connectivity index (χ3v) is 4.58. The Morgan fingerprint density at radius 1 is 1.33 bits per heavy atom. The molecule has 0 fully saturated rings. The molecule has 0 spiro atoms. The van der Waals surface area contributed by atoms with Crippen molar-refractivity contribution in [3.63, 3.8) is 0 Å². The Labute approximate surface area is 97.7 Å². The summed E-state index contributed by atoms with van der Waals surface area (Å²) in [6.07, 6.45) is 11.3. The van der Waals surface area contributed by atoms with Crippen LogP contribution in [0, 0.1) is 0 Å². The molecule has 0 unspecified atom stereocenters. The maximum Gasteiger partial charge on any atom is 0.00800 e. The van der Waals surface area contributed by atoms with E-state index in [1.54, 1.807) is 10.4 Å². The number of aryl methyl sites for hydroxylation is 1. The van der Waals surface area contributed by atoms with Gasteiger partial charge in [0.25, 0.3) is 0 Å². The maximum atomic E-state index is 2.39. The van der Waals surface area contributed by atoms with E-state index in [4.69, 9.17) is 0 Å². The molecule has 1 aromatic rings. The van der Waals surface area contributed by atoms with Crippen LogP contribution in [0.3, 0.4) is 0 Å². The third kappa shape index (κ3) is 2.84. The van der Waals surface area contributed by atoms with Gasteiger partial charge < -0.3 is 0 Å². The molecule has 15 heavy (non-hydrogen) atoms. The van der Waals surface area contributed by atoms with Crippen LogP contribution in [0.4, 0.5) is 0 Å². The molecule has 0 aromatic carbocycles. The van der Waals surface area contributed by atoms with Crippen molar-refractivity contribution in [2.24, 2.45) is 0 Å². The second-order valence-corrected chi connectivity index (χ2v) is 5.74. The zero-order valence-electron chi connectivity index (χ0n) is 9.80. The molecule has 2 rings (SSSR count). The maximum absolute atomic E-state index is 2.39. The van der Waals surface area contributed by atoms with Crippen molar-refractivity contribution in [1.82, 2.24) is 0 Å². The molecule has 1 aliphatic carbocycles. The molecule has 0 amide bonds. The highest BCUT2D eigenvalue weighted by molar-refractivity contribution is 7.10. The molecule has 0 saturated carbocycles. The molecule has 0 aliphatic heterocycles. The predicted octanol–water partition coefficient (Wildman–Crippen LogP) is 5.14. The molecule has 1 aliphatic rings. The monoisotopic (exact) mass is 222 g/mol. The summed E-state index contributed by atoms with van der Waals surface area (Å²) in [5.74, 6) is 0.889. The van der Waals surface area contributed by atoms with Gasteiger partial charge in [0.2, 0.25) is 0 Å². The molecule has 0 radical (unpaired) electrons. The Morgan fingerprint density at radius 2 is 2.27 bits per heavy atom. The van der Waals surface area contributed by atoms with E-state index in [2.05, 4.69) is 18.4 Å². The van der Waals surface area contributed by atoms with Crippen LogP contribution in [-0.4, -0.2) is 0 Å². The summed E-state index contributed by atoms with van der Waals surface area (Å²) >= 11 is 1.98. The SMILES string of the molecule is CCCCC[C@@H]1CCCCc2sccc21. The molecule has 0 saturated heterocycles. The number of hydrogen-bond acceptors (Lipinski definition) is 1. The van der Waals surface area contributed by atoms with E-state index < -0.39 is 0 Å². The zero-order chi connectivity index (χ0) is 10.5. The van der Waals surface area contributed by atoms with E-state index in [0.29, 0.717) is 0 Å². The molecular weight excluding hydrogens is 200 g/mol. The number of unbranched alkanes of at least 4 members (excludes halogenated alkanes) is 2. The van der Waals surface area contributed by atoms with Crippen LogP contribution < -0.4 is 0 Å². The highest BCUT2D eigenvalue weighted by Crippen LogP contribution is 2.36. The first-order valence-corrected chi connectivity index (χ1v) is 7.36. The Morgan fingerprint density at radius 3 is 3.13 bits per heavy atom. The number of fused-ring (bicyclic) bond motifs is 1. The van der Waals surface area contributed by atoms with Crippen molar-refractivity contribution in [3.8, 4) is 0 Å². The van der Waals surface area contributed by atoms with Gasteiger partial charge in [0.15, 0.2) is 0 Å². The van der Waals surface area contributed by atoms with Crippen LogP contribution in [-0.2, 0) is 6.42 Å². The summed E-state index contributed by atoms with van der Waals surface area (Å²) in [6.45, 7) is 2.29. The minimum Gasteiger partial charge on any atom is -0.149 e. The van der Waals surface area contributed by atoms with Crippen LogP contribution >= 0.6 is 11.3 Å². The molecule has 1 aromatic heterocycles. The van der Waals surface area contributed by atoms with Gasteiger partial charge in [-0.2, -0.15) is 0 Å². The van der Waals surface area contributed by atoms with Crippen molar-refractivity contribution in [3.05, 3.63) is 21.9 Å². The number of thiophene rings is 1. The van der Waals surface area contributed by atoms with E-state index in [1.807, 2.05) is 11.3 Å². The van der Waals surface area contributed by atoms with Crippen molar-refractivity contribution in [2.45, 2.75) is 64.2 Å². The van der Waals surface area contributed by atoms with Crippen LogP contribution in [0.1, 0.15) is 68.2 Å². The summed E-state index contributed by atoms with van der Waals surface area (Å²) in [5.41, 5.74) is 1.70. The minimum atomic E-state index is 0.889. The van der Waals surface area contributed by atoms with Crippen LogP contribution in [0.2, 0.25) is 0 Å². The Hall–Kier alpha value is -0.300. The summed E-state index contributed by atoms with van der Waals surface area (Å²) in [5, 5.41) is 2.29. The lowest BCUT2D eigenvalue weighted by molar-refractivity contribution is 0.523. The molecule has 0 N–H and O–H groups in total. The quantitative estimate of drug-likeness (QED) is 0.489. The Balaban J connectivity index is 1.99. The highest BCUT2D eigenvalue weighted by Gasteiger charge is 2.18. The molecule has 1 atom stereocenters. The van der Waals surface area contributed by atoms with Crippen LogP contribution in [0.25, 0.3) is 0 Å². The van der Waals surface area contributed by atoms with Gasteiger partial charge in [0.05, 0.1) is 0 Å². The number of hydrogen-bond donors (Lipinski definition) is 0. The fraction of sp³-hybridized carbons (Fsp3) is 0.714. The van der Waals surface area contributed by atoms with E-state index in [0.717, 1.165) is 5.92 Å². The average Bonchev–Trinajstić information content (AvgIpc) is 2.63. The summed E-state index contributed by atoms with van der Waals surface area (Å²) in [6, 6.07) is 2.39. The van der Waals surface area contributed by atoms with Gasteiger partial charge >= 0.3 is 0 Å². The van der Waals surface area contributed by atoms with E-state index in [1.165, 1.54) is 51.4 Å². The zero-order valence-corrected chi connectivity index (χ0v) is 10.6. The fourth-order valence-corrected chi connectivity index (χ4v) is 3.70.